The average molecular weight is 355 g/mol. The molecule has 2 atom stereocenters. The second-order valence-corrected chi connectivity index (χ2v) is 7.93. The lowest BCUT2D eigenvalue weighted by Gasteiger charge is -2.37. The van der Waals surface area contributed by atoms with Gasteiger partial charge in [-0.3, -0.25) is 0 Å². The van der Waals surface area contributed by atoms with E-state index in [1.54, 1.807) is 33.1 Å². The van der Waals surface area contributed by atoms with Crippen molar-refractivity contribution < 1.29 is 22.7 Å². The Morgan fingerprint density at radius 1 is 1.21 bits per heavy atom. The third-order valence-corrected chi connectivity index (χ3v) is 6.75. The lowest BCUT2D eigenvalue weighted by Crippen LogP contribution is -2.51. The van der Waals surface area contributed by atoms with Crippen molar-refractivity contribution in [3.63, 3.8) is 0 Å². The summed E-state index contributed by atoms with van der Waals surface area (Å²) in [6, 6.07) is 2.96. The van der Waals surface area contributed by atoms with Crippen molar-refractivity contribution in [2.75, 3.05) is 20.8 Å². The van der Waals surface area contributed by atoms with Crippen LogP contribution in [0.2, 0.25) is 0 Å². The first kappa shape index (κ1) is 18.9. The van der Waals surface area contributed by atoms with Gasteiger partial charge in [-0.15, -0.1) is 0 Å². The Morgan fingerprint density at radius 2 is 1.83 bits per heavy atom. The van der Waals surface area contributed by atoms with Gasteiger partial charge in [0.15, 0.2) is 0 Å². The van der Waals surface area contributed by atoms with Gasteiger partial charge in [0.1, 0.15) is 18.1 Å². The highest BCUT2D eigenvalue weighted by molar-refractivity contribution is 7.89. The highest BCUT2D eigenvalue weighted by atomic mass is 32.2. The van der Waals surface area contributed by atoms with E-state index in [9.17, 15) is 13.2 Å². The molecule has 1 heterocycles. The van der Waals surface area contributed by atoms with Crippen molar-refractivity contribution in [1.29, 1.82) is 0 Å². The van der Waals surface area contributed by atoms with E-state index >= 15 is 0 Å². The van der Waals surface area contributed by atoms with Crippen molar-refractivity contribution in [2.24, 2.45) is 0 Å². The van der Waals surface area contributed by atoms with Gasteiger partial charge in [-0.2, -0.15) is 4.31 Å². The van der Waals surface area contributed by atoms with Gasteiger partial charge in [0.2, 0.25) is 10.0 Å². The summed E-state index contributed by atoms with van der Waals surface area (Å²) in [6.45, 7) is 3.91. The Labute approximate surface area is 143 Å². The van der Waals surface area contributed by atoms with Gasteiger partial charge in [0, 0.05) is 13.7 Å². The van der Waals surface area contributed by atoms with Crippen LogP contribution < -0.4 is 4.74 Å². The number of piperidine rings is 1. The zero-order chi connectivity index (χ0) is 17.9. The standard InChI is InChI=1S/C17H25NO5S/c1-12-9-14(22-3)10-13(2)17(12)24(20,21)18-8-6-5-7-15(18)16(11-19)23-4/h9-11,15-16H,5-8H2,1-4H3. The van der Waals surface area contributed by atoms with E-state index in [0.29, 0.717) is 36.1 Å². The number of rotatable bonds is 6. The molecule has 6 nitrogen and oxygen atoms in total. The van der Waals surface area contributed by atoms with E-state index in [1.165, 1.54) is 11.4 Å². The molecule has 1 aromatic rings. The predicted octanol–water partition coefficient (Wildman–Crippen LogP) is 2.07. The number of aryl methyl sites for hydroxylation is 2. The van der Waals surface area contributed by atoms with Crippen LogP contribution in [-0.4, -0.2) is 51.9 Å². The van der Waals surface area contributed by atoms with Crippen LogP contribution in [0.25, 0.3) is 0 Å². The molecule has 1 aliphatic rings. The van der Waals surface area contributed by atoms with Crippen LogP contribution in [0.4, 0.5) is 0 Å². The maximum atomic E-state index is 13.3. The molecular formula is C17H25NO5S. The van der Waals surface area contributed by atoms with Crippen LogP contribution in [-0.2, 0) is 19.6 Å². The van der Waals surface area contributed by atoms with Crippen molar-refractivity contribution >= 4 is 16.3 Å². The minimum absolute atomic E-state index is 0.288. The molecule has 0 radical (unpaired) electrons. The first-order valence-corrected chi connectivity index (χ1v) is 9.46. The lowest BCUT2D eigenvalue weighted by atomic mass is 10.0. The van der Waals surface area contributed by atoms with E-state index in [1.807, 2.05) is 0 Å². The minimum Gasteiger partial charge on any atom is -0.497 e. The number of hydrogen-bond donors (Lipinski definition) is 0. The minimum atomic E-state index is -3.72. The molecule has 1 aliphatic heterocycles. The van der Waals surface area contributed by atoms with E-state index in [0.717, 1.165) is 12.8 Å². The van der Waals surface area contributed by atoms with Crippen molar-refractivity contribution in [2.45, 2.75) is 50.2 Å². The molecule has 7 heteroatoms. The number of sulfonamides is 1. The van der Waals surface area contributed by atoms with Gasteiger partial charge in [0.05, 0.1) is 18.0 Å². The summed E-state index contributed by atoms with van der Waals surface area (Å²) in [5, 5.41) is 0. The Hall–Kier alpha value is -1.44. The summed E-state index contributed by atoms with van der Waals surface area (Å²) in [7, 11) is -0.739. The molecule has 0 N–H and O–H groups in total. The largest absolute Gasteiger partial charge is 0.497 e. The van der Waals surface area contributed by atoms with Crippen LogP contribution in [0.15, 0.2) is 17.0 Å². The lowest BCUT2D eigenvalue weighted by molar-refractivity contribution is -0.119. The van der Waals surface area contributed by atoms with E-state index in [4.69, 9.17) is 9.47 Å². The van der Waals surface area contributed by atoms with Gasteiger partial charge in [-0.1, -0.05) is 6.42 Å². The summed E-state index contributed by atoms with van der Waals surface area (Å²) >= 11 is 0. The predicted molar refractivity (Wildman–Crippen MR) is 90.9 cm³/mol. The third-order valence-electron chi connectivity index (χ3n) is 4.52. The van der Waals surface area contributed by atoms with E-state index in [-0.39, 0.29) is 4.90 Å². The molecule has 0 spiro atoms. The summed E-state index contributed by atoms with van der Waals surface area (Å²) in [4.78, 5) is 11.6. The number of nitrogens with zero attached hydrogens (tertiary/aromatic N) is 1. The Balaban J connectivity index is 2.50. The molecule has 134 valence electrons. The summed E-state index contributed by atoms with van der Waals surface area (Å²) < 4.78 is 38.4. The van der Waals surface area contributed by atoms with Crippen LogP contribution in [0.5, 0.6) is 5.75 Å². The van der Waals surface area contributed by atoms with Crippen LogP contribution in [0, 0.1) is 13.8 Å². The number of ether oxygens (including phenoxy) is 2. The number of carbonyl (C=O) groups excluding carboxylic acids is 1. The normalized spacial score (nSPS) is 20.6. The zero-order valence-electron chi connectivity index (χ0n) is 14.6. The molecule has 24 heavy (non-hydrogen) atoms. The first-order chi connectivity index (χ1) is 11.4. The molecular weight excluding hydrogens is 330 g/mol. The molecule has 0 aromatic heterocycles. The number of hydrogen-bond acceptors (Lipinski definition) is 5. The van der Waals surface area contributed by atoms with Crippen molar-refractivity contribution in [3.8, 4) is 5.75 Å². The van der Waals surface area contributed by atoms with E-state index in [2.05, 4.69) is 0 Å². The molecule has 1 fully saturated rings. The Morgan fingerprint density at radius 3 is 2.33 bits per heavy atom. The fourth-order valence-electron chi connectivity index (χ4n) is 3.41. The monoisotopic (exact) mass is 355 g/mol. The van der Waals surface area contributed by atoms with Gasteiger partial charge in [-0.25, -0.2) is 8.42 Å². The first-order valence-electron chi connectivity index (χ1n) is 8.02. The maximum Gasteiger partial charge on any atom is 0.243 e. The molecule has 1 saturated heterocycles. The summed E-state index contributed by atoms with van der Waals surface area (Å²) in [5.41, 5.74) is 1.27. The van der Waals surface area contributed by atoms with Gasteiger partial charge in [0.25, 0.3) is 0 Å². The van der Waals surface area contributed by atoms with Gasteiger partial charge < -0.3 is 14.3 Å². The van der Waals surface area contributed by atoms with Crippen molar-refractivity contribution in [3.05, 3.63) is 23.3 Å². The number of aldehydes is 1. The highest BCUT2D eigenvalue weighted by Crippen LogP contribution is 2.32. The van der Waals surface area contributed by atoms with E-state index < -0.39 is 22.2 Å². The molecule has 2 unspecified atom stereocenters. The number of carbonyl (C=O) groups is 1. The SMILES string of the molecule is COc1cc(C)c(S(=O)(=O)N2CCCCC2C(C=O)OC)c(C)c1. The molecule has 2 rings (SSSR count). The number of benzene rings is 1. The zero-order valence-corrected chi connectivity index (χ0v) is 15.4. The van der Waals surface area contributed by atoms with Crippen LogP contribution in [0.1, 0.15) is 30.4 Å². The van der Waals surface area contributed by atoms with Gasteiger partial charge >= 0.3 is 0 Å². The number of methoxy groups -OCH3 is 2. The van der Waals surface area contributed by atoms with Crippen LogP contribution >= 0.6 is 0 Å². The van der Waals surface area contributed by atoms with Crippen molar-refractivity contribution in [1.82, 2.24) is 4.31 Å². The fourth-order valence-corrected chi connectivity index (χ4v) is 5.53. The summed E-state index contributed by atoms with van der Waals surface area (Å²) in [6.07, 6.45) is 2.21. The fraction of sp³-hybridized carbons (Fsp3) is 0.588. The molecule has 0 aliphatic carbocycles. The highest BCUT2D eigenvalue weighted by Gasteiger charge is 2.39. The smallest absolute Gasteiger partial charge is 0.243 e. The van der Waals surface area contributed by atoms with Crippen LogP contribution in [0.3, 0.4) is 0 Å². The Bertz CT molecular complexity index is 678. The molecule has 0 bridgehead atoms. The maximum absolute atomic E-state index is 13.3. The molecule has 0 saturated carbocycles. The van der Waals surface area contributed by atoms with Gasteiger partial charge in [-0.05, 0) is 49.9 Å². The third kappa shape index (κ3) is 3.48. The average Bonchev–Trinajstić information content (AvgIpc) is 2.55. The second kappa shape index (κ2) is 7.63. The summed E-state index contributed by atoms with van der Waals surface area (Å²) in [5.74, 6) is 0.627. The topological polar surface area (TPSA) is 72.9 Å². The Kier molecular flexibility index (Phi) is 6.01. The quantitative estimate of drug-likeness (QED) is 0.731. The second-order valence-electron chi connectivity index (χ2n) is 6.11. The molecule has 1 aromatic carbocycles. The molecule has 0 amide bonds.